The van der Waals surface area contributed by atoms with E-state index in [0.29, 0.717) is 0 Å². The largest absolute Gasteiger partial charge is 0.469 e. The van der Waals surface area contributed by atoms with Gasteiger partial charge in [0.1, 0.15) is 0 Å². The predicted octanol–water partition coefficient (Wildman–Crippen LogP) is 1.90. The van der Waals surface area contributed by atoms with Gasteiger partial charge in [0, 0.05) is 0 Å². The first-order valence-electron chi connectivity index (χ1n) is 4.87. The van der Waals surface area contributed by atoms with E-state index in [1.54, 1.807) is 0 Å². The van der Waals surface area contributed by atoms with Crippen LogP contribution in [-0.2, 0) is 9.53 Å². The molecule has 0 fully saturated rings. The second kappa shape index (κ2) is 4.94. The number of benzene rings is 1. The molecule has 1 N–H and O–H groups in total. The van der Waals surface area contributed by atoms with Crippen LogP contribution in [0.4, 0.5) is 0 Å². The minimum absolute atomic E-state index is 0.00218. The van der Waals surface area contributed by atoms with E-state index in [1.165, 1.54) is 7.11 Å². The van der Waals surface area contributed by atoms with Gasteiger partial charge in [0.15, 0.2) is 0 Å². The van der Waals surface area contributed by atoms with Gasteiger partial charge in [-0.05, 0) is 30.5 Å². The maximum Gasteiger partial charge on any atom is 0.308 e. The fourth-order valence-corrected chi connectivity index (χ4v) is 1.70. The Balaban J connectivity index is 2.90. The number of rotatable bonds is 3. The molecule has 1 atom stereocenters. The van der Waals surface area contributed by atoms with Crippen molar-refractivity contribution >= 4 is 5.97 Å². The molecule has 0 saturated carbocycles. The average Bonchev–Trinajstić information content (AvgIpc) is 2.17. The highest BCUT2D eigenvalue weighted by molar-refractivity contribution is 5.70. The number of aliphatic hydroxyl groups excluding tert-OH is 1. The molecule has 0 bridgehead atoms. The van der Waals surface area contributed by atoms with E-state index < -0.39 is 12.1 Å². The molecule has 0 aliphatic heterocycles. The lowest BCUT2D eigenvalue weighted by atomic mass is 9.96. The molecule has 15 heavy (non-hydrogen) atoms. The molecule has 0 spiro atoms. The minimum atomic E-state index is -0.779. The zero-order valence-corrected chi connectivity index (χ0v) is 9.28. The summed E-state index contributed by atoms with van der Waals surface area (Å²) in [5.41, 5.74) is 2.81. The Hall–Kier alpha value is -1.35. The second-order valence-electron chi connectivity index (χ2n) is 3.60. The summed E-state index contributed by atoms with van der Waals surface area (Å²) >= 11 is 0. The van der Waals surface area contributed by atoms with Crippen LogP contribution in [0.2, 0.25) is 0 Å². The van der Waals surface area contributed by atoms with Gasteiger partial charge in [0.05, 0.1) is 19.6 Å². The van der Waals surface area contributed by atoms with Crippen LogP contribution >= 0.6 is 0 Å². The van der Waals surface area contributed by atoms with Crippen molar-refractivity contribution in [2.24, 2.45) is 0 Å². The Morgan fingerprint density at radius 1 is 1.40 bits per heavy atom. The van der Waals surface area contributed by atoms with Crippen molar-refractivity contribution in [3.63, 3.8) is 0 Å². The van der Waals surface area contributed by atoms with E-state index >= 15 is 0 Å². The molecule has 3 nitrogen and oxygen atoms in total. The standard InChI is InChI=1S/C12H16O3/c1-8-5-4-6-9(2)12(8)10(13)7-11(14)15-3/h4-6,10,13H,7H2,1-3H3/t10-/m0/s1. The number of aryl methyl sites for hydroxylation is 2. The SMILES string of the molecule is COC(=O)C[C@H](O)c1c(C)cccc1C. The molecule has 0 aliphatic rings. The van der Waals surface area contributed by atoms with Crippen molar-refractivity contribution in [3.05, 3.63) is 34.9 Å². The lowest BCUT2D eigenvalue weighted by Crippen LogP contribution is -2.10. The number of hydrogen-bond donors (Lipinski definition) is 1. The molecule has 1 aromatic rings. The van der Waals surface area contributed by atoms with Crippen molar-refractivity contribution in [2.45, 2.75) is 26.4 Å². The summed E-state index contributed by atoms with van der Waals surface area (Å²) in [5.74, 6) is -0.398. The van der Waals surface area contributed by atoms with Crippen LogP contribution in [0.15, 0.2) is 18.2 Å². The van der Waals surface area contributed by atoms with Gasteiger partial charge in [-0.15, -0.1) is 0 Å². The van der Waals surface area contributed by atoms with Gasteiger partial charge in [-0.25, -0.2) is 0 Å². The summed E-state index contributed by atoms with van der Waals surface area (Å²) in [6.45, 7) is 3.84. The molecule has 0 amide bonds. The normalized spacial score (nSPS) is 12.3. The van der Waals surface area contributed by atoms with Crippen LogP contribution in [0.3, 0.4) is 0 Å². The van der Waals surface area contributed by atoms with E-state index in [0.717, 1.165) is 16.7 Å². The summed E-state index contributed by atoms with van der Waals surface area (Å²) in [6.07, 6.45) is -0.777. The first-order chi connectivity index (χ1) is 7.06. The van der Waals surface area contributed by atoms with Crippen molar-refractivity contribution in [3.8, 4) is 0 Å². The highest BCUT2D eigenvalue weighted by Gasteiger charge is 2.16. The fourth-order valence-electron chi connectivity index (χ4n) is 1.70. The summed E-state index contributed by atoms with van der Waals surface area (Å²) in [4.78, 5) is 11.0. The lowest BCUT2D eigenvalue weighted by Gasteiger charge is -2.15. The van der Waals surface area contributed by atoms with Gasteiger partial charge in [0.25, 0.3) is 0 Å². The highest BCUT2D eigenvalue weighted by Crippen LogP contribution is 2.24. The summed E-state index contributed by atoms with van der Waals surface area (Å²) in [7, 11) is 1.32. The summed E-state index contributed by atoms with van der Waals surface area (Å²) in [6, 6.07) is 5.77. The topological polar surface area (TPSA) is 46.5 Å². The average molecular weight is 208 g/mol. The fraction of sp³-hybridized carbons (Fsp3) is 0.417. The van der Waals surface area contributed by atoms with Gasteiger partial charge in [0.2, 0.25) is 0 Å². The van der Waals surface area contributed by atoms with E-state index in [2.05, 4.69) is 4.74 Å². The van der Waals surface area contributed by atoms with Crippen LogP contribution in [0, 0.1) is 13.8 Å². The number of carbonyl (C=O) groups excluding carboxylic acids is 1. The smallest absolute Gasteiger partial charge is 0.308 e. The molecular weight excluding hydrogens is 192 g/mol. The number of esters is 1. The Labute approximate surface area is 89.7 Å². The maximum atomic E-state index is 11.0. The minimum Gasteiger partial charge on any atom is -0.469 e. The third-order valence-electron chi connectivity index (χ3n) is 2.46. The first kappa shape index (κ1) is 11.7. The number of methoxy groups -OCH3 is 1. The molecule has 0 saturated heterocycles. The van der Waals surface area contributed by atoms with E-state index in [1.807, 2.05) is 32.0 Å². The summed E-state index contributed by atoms with van der Waals surface area (Å²) in [5, 5.41) is 9.88. The van der Waals surface area contributed by atoms with Crippen LogP contribution in [0.25, 0.3) is 0 Å². The van der Waals surface area contributed by atoms with Crippen molar-refractivity contribution in [2.75, 3.05) is 7.11 Å². The van der Waals surface area contributed by atoms with E-state index in [9.17, 15) is 9.90 Å². The van der Waals surface area contributed by atoms with Crippen LogP contribution in [-0.4, -0.2) is 18.2 Å². The second-order valence-corrected chi connectivity index (χ2v) is 3.60. The van der Waals surface area contributed by atoms with Crippen LogP contribution < -0.4 is 0 Å². The zero-order chi connectivity index (χ0) is 11.4. The molecule has 82 valence electrons. The summed E-state index contributed by atoms with van der Waals surface area (Å²) < 4.78 is 4.52. The number of carbonyl (C=O) groups is 1. The molecule has 0 aromatic heterocycles. The van der Waals surface area contributed by atoms with Crippen molar-refractivity contribution in [1.82, 2.24) is 0 Å². The monoisotopic (exact) mass is 208 g/mol. The molecule has 0 heterocycles. The lowest BCUT2D eigenvalue weighted by molar-refractivity contribution is -0.142. The van der Waals surface area contributed by atoms with Crippen LogP contribution in [0.1, 0.15) is 29.2 Å². The Bertz CT molecular complexity index is 338. The molecule has 0 radical (unpaired) electrons. The number of ether oxygens (including phenoxy) is 1. The van der Waals surface area contributed by atoms with Gasteiger partial charge >= 0.3 is 5.97 Å². The third kappa shape index (κ3) is 2.80. The van der Waals surface area contributed by atoms with Gasteiger partial charge in [-0.1, -0.05) is 18.2 Å². The van der Waals surface area contributed by atoms with Gasteiger partial charge in [-0.2, -0.15) is 0 Å². The molecule has 1 aromatic carbocycles. The van der Waals surface area contributed by atoms with E-state index in [4.69, 9.17) is 0 Å². The third-order valence-corrected chi connectivity index (χ3v) is 2.46. The van der Waals surface area contributed by atoms with E-state index in [-0.39, 0.29) is 6.42 Å². The number of hydrogen-bond acceptors (Lipinski definition) is 3. The predicted molar refractivity (Wildman–Crippen MR) is 57.5 cm³/mol. The Kier molecular flexibility index (Phi) is 3.86. The maximum absolute atomic E-state index is 11.0. The quantitative estimate of drug-likeness (QED) is 0.772. The molecule has 1 rings (SSSR count). The molecule has 3 heteroatoms. The highest BCUT2D eigenvalue weighted by atomic mass is 16.5. The van der Waals surface area contributed by atoms with Crippen molar-refractivity contribution in [1.29, 1.82) is 0 Å². The van der Waals surface area contributed by atoms with Crippen LogP contribution in [0.5, 0.6) is 0 Å². The molecule has 0 aliphatic carbocycles. The number of aliphatic hydroxyl groups is 1. The molecular formula is C12H16O3. The van der Waals surface area contributed by atoms with Gasteiger partial charge < -0.3 is 9.84 Å². The zero-order valence-electron chi connectivity index (χ0n) is 9.28. The first-order valence-corrected chi connectivity index (χ1v) is 4.87. The Morgan fingerprint density at radius 3 is 2.40 bits per heavy atom. The molecule has 0 unspecified atom stereocenters. The Morgan fingerprint density at radius 2 is 1.93 bits per heavy atom. The van der Waals surface area contributed by atoms with Gasteiger partial charge in [-0.3, -0.25) is 4.79 Å². The van der Waals surface area contributed by atoms with Crippen molar-refractivity contribution < 1.29 is 14.6 Å².